The molecule has 0 radical (unpaired) electrons. The summed E-state index contributed by atoms with van der Waals surface area (Å²) in [5.74, 6) is -0.257. The molecule has 9 heteroatoms. The zero-order valence-corrected chi connectivity index (χ0v) is 15.2. The Bertz CT molecular complexity index is 973. The van der Waals surface area contributed by atoms with E-state index in [9.17, 15) is 18.4 Å². The van der Waals surface area contributed by atoms with Crippen LogP contribution in [0.15, 0.2) is 17.1 Å². The van der Waals surface area contributed by atoms with Crippen LogP contribution in [0, 0.1) is 6.92 Å². The fourth-order valence-corrected chi connectivity index (χ4v) is 4.24. The number of nitrogens with one attached hydrogen (secondary N) is 2. The number of rotatable bonds is 3. The van der Waals surface area contributed by atoms with E-state index in [0.717, 1.165) is 19.3 Å². The molecular weight excluding hydrogens is 356 g/mol. The Balaban J connectivity index is 1.84. The van der Waals surface area contributed by atoms with Gasteiger partial charge in [0.15, 0.2) is 5.69 Å². The number of carbonyl (C=O) groups is 1. The lowest BCUT2D eigenvalue weighted by Gasteiger charge is -2.35. The number of aromatic nitrogens is 3. The molecule has 0 atom stereocenters. The van der Waals surface area contributed by atoms with Gasteiger partial charge in [-0.25, -0.2) is 8.78 Å². The molecule has 1 spiro atoms. The van der Waals surface area contributed by atoms with Crippen molar-refractivity contribution in [3.8, 4) is 0 Å². The molecular formula is C18H21F2N5O2. The molecule has 144 valence electrons. The highest BCUT2D eigenvalue weighted by Crippen LogP contribution is 2.37. The second-order valence-electron chi connectivity index (χ2n) is 7.30. The fourth-order valence-electron chi connectivity index (χ4n) is 4.24. The van der Waals surface area contributed by atoms with E-state index in [1.54, 1.807) is 6.92 Å². The number of alkyl halides is 2. The van der Waals surface area contributed by atoms with E-state index in [1.165, 1.54) is 28.6 Å². The highest BCUT2D eigenvalue weighted by molar-refractivity contribution is 5.97. The first kappa shape index (κ1) is 17.7. The maximum Gasteiger partial charge on any atom is 0.284 e. The quantitative estimate of drug-likeness (QED) is 0.862. The molecule has 0 saturated heterocycles. The van der Waals surface area contributed by atoms with E-state index >= 15 is 0 Å². The molecule has 1 amide bonds. The monoisotopic (exact) mass is 377 g/mol. The van der Waals surface area contributed by atoms with Crippen LogP contribution in [0.5, 0.6) is 0 Å². The van der Waals surface area contributed by atoms with Crippen LogP contribution in [0.4, 0.5) is 20.2 Å². The third-order valence-corrected chi connectivity index (χ3v) is 5.39. The van der Waals surface area contributed by atoms with E-state index in [2.05, 4.69) is 15.7 Å². The first-order valence-electron chi connectivity index (χ1n) is 9.01. The minimum absolute atomic E-state index is 0.0829. The van der Waals surface area contributed by atoms with Gasteiger partial charge in [-0.3, -0.25) is 18.8 Å². The lowest BCUT2D eigenvalue weighted by Crippen LogP contribution is -2.48. The molecule has 3 heterocycles. The second-order valence-corrected chi connectivity index (χ2v) is 7.30. The predicted octanol–water partition coefficient (Wildman–Crippen LogP) is 2.93. The van der Waals surface area contributed by atoms with Gasteiger partial charge in [0.05, 0.1) is 5.69 Å². The van der Waals surface area contributed by atoms with E-state index in [0.29, 0.717) is 24.1 Å². The number of pyridine rings is 1. The predicted molar refractivity (Wildman–Crippen MR) is 95.4 cm³/mol. The van der Waals surface area contributed by atoms with Gasteiger partial charge in [0, 0.05) is 13.2 Å². The average Bonchev–Trinajstić information content (AvgIpc) is 3.11. The normalized spacial score (nSPS) is 18.0. The maximum atomic E-state index is 13.2. The van der Waals surface area contributed by atoms with Gasteiger partial charge in [-0.15, -0.1) is 0 Å². The smallest absolute Gasteiger partial charge is 0.284 e. The molecule has 1 aliphatic heterocycles. The van der Waals surface area contributed by atoms with Gasteiger partial charge in [0.25, 0.3) is 17.9 Å². The zero-order chi connectivity index (χ0) is 19.3. The second kappa shape index (κ2) is 6.17. The Morgan fingerprint density at radius 2 is 1.93 bits per heavy atom. The highest BCUT2D eigenvalue weighted by atomic mass is 19.3. The molecule has 0 unspecified atom stereocenters. The lowest BCUT2D eigenvalue weighted by atomic mass is 9.89. The van der Waals surface area contributed by atoms with Gasteiger partial charge in [-0.05, 0) is 44.2 Å². The van der Waals surface area contributed by atoms with Crippen molar-refractivity contribution in [1.82, 2.24) is 19.7 Å². The number of hydrogen-bond donors (Lipinski definition) is 2. The van der Waals surface area contributed by atoms with Crippen molar-refractivity contribution in [2.75, 3.05) is 5.32 Å². The number of amides is 1. The van der Waals surface area contributed by atoms with Crippen LogP contribution in [-0.2, 0) is 12.7 Å². The van der Waals surface area contributed by atoms with Crippen molar-refractivity contribution in [3.63, 3.8) is 0 Å². The third-order valence-electron chi connectivity index (χ3n) is 5.39. The summed E-state index contributed by atoms with van der Waals surface area (Å²) in [5.41, 5.74) is -0.300. The molecule has 27 heavy (non-hydrogen) atoms. The van der Waals surface area contributed by atoms with Crippen molar-refractivity contribution in [2.45, 2.75) is 51.1 Å². The number of halogens is 2. The number of aryl methyl sites for hydroxylation is 2. The Hall–Kier alpha value is -2.71. The standard InChI is InChI=1S/C18H21F2N5O2/c1-10-8-11(21-12-9-24(2)23-13(12)15(19)20)17(27)25-14(10)16(26)22-18(25)6-4-3-5-7-18/h8-9,15,21H,3-7H2,1-2H3,(H,22,26). The molecule has 0 bridgehead atoms. The van der Waals surface area contributed by atoms with Crippen LogP contribution in [-0.4, -0.2) is 20.3 Å². The summed E-state index contributed by atoms with van der Waals surface area (Å²) in [4.78, 5) is 25.7. The summed E-state index contributed by atoms with van der Waals surface area (Å²) in [6.45, 7) is 1.75. The molecule has 1 fully saturated rings. The largest absolute Gasteiger partial charge is 0.348 e. The van der Waals surface area contributed by atoms with Gasteiger partial charge in [-0.1, -0.05) is 6.42 Å². The van der Waals surface area contributed by atoms with Crippen LogP contribution in [0.3, 0.4) is 0 Å². The van der Waals surface area contributed by atoms with Gasteiger partial charge in [0.1, 0.15) is 17.0 Å². The molecule has 2 aromatic heterocycles. The zero-order valence-electron chi connectivity index (χ0n) is 15.2. The van der Waals surface area contributed by atoms with Gasteiger partial charge in [-0.2, -0.15) is 5.10 Å². The Labute approximate surface area is 154 Å². The molecule has 4 rings (SSSR count). The van der Waals surface area contributed by atoms with Gasteiger partial charge in [0.2, 0.25) is 0 Å². The number of hydrogen-bond acceptors (Lipinski definition) is 4. The van der Waals surface area contributed by atoms with Gasteiger partial charge >= 0.3 is 0 Å². The minimum Gasteiger partial charge on any atom is -0.348 e. The number of anilines is 2. The molecule has 2 aromatic rings. The van der Waals surface area contributed by atoms with E-state index in [1.807, 2.05) is 0 Å². The van der Waals surface area contributed by atoms with Crippen LogP contribution in [0.25, 0.3) is 0 Å². The lowest BCUT2D eigenvalue weighted by molar-refractivity contribution is 0.0876. The Morgan fingerprint density at radius 1 is 1.22 bits per heavy atom. The third kappa shape index (κ3) is 2.72. The van der Waals surface area contributed by atoms with E-state index in [-0.39, 0.29) is 22.8 Å². The average molecular weight is 377 g/mol. The van der Waals surface area contributed by atoms with Crippen LogP contribution < -0.4 is 16.2 Å². The van der Waals surface area contributed by atoms with Crippen molar-refractivity contribution in [2.24, 2.45) is 7.05 Å². The summed E-state index contributed by atoms with van der Waals surface area (Å²) >= 11 is 0. The molecule has 7 nitrogen and oxygen atoms in total. The van der Waals surface area contributed by atoms with E-state index < -0.39 is 17.8 Å². The summed E-state index contributed by atoms with van der Waals surface area (Å²) in [5, 5.41) is 9.57. The SMILES string of the molecule is Cc1cc(Nc2cn(C)nc2C(F)F)c(=O)n2c1C(=O)NC21CCCCC1. The first-order chi connectivity index (χ1) is 12.8. The molecule has 2 aliphatic rings. The Morgan fingerprint density at radius 3 is 2.59 bits per heavy atom. The fraction of sp³-hybridized carbons (Fsp3) is 0.500. The summed E-state index contributed by atoms with van der Waals surface area (Å²) in [7, 11) is 1.54. The van der Waals surface area contributed by atoms with Crippen molar-refractivity contribution in [1.29, 1.82) is 0 Å². The molecule has 1 saturated carbocycles. The number of carbonyl (C=O) groups excluding carboxylic acids is 1. The van der Waals surface area contributed by atoms with Crippen molar-refractivity contribution >= 4 is 17.3 Å². The number of nitrogens with zero attached hydrogens (tertiary/aromatic N) is 3. The first-order valence-corrected chi connectivity index (χ1v) is 9.01. The summed E-state index contributed by atoms with van der Waals surface area (Å²) < 4.78 is 29.3. The number of fused-ring (bicyclic) bond motifs is 2. The van der Waals surface area contributed by atoms with Crippen LogP contribution in [0.2, 0.25) is 0 Å². The van der Waals surface area contributed by atoms with Gasteiger partial charge < -0.3 is 10.6 Å². The van der Waals surface area contributed by atoms with Crippen molar-refractivity contribution in [3.05, 3.63) is 39.6 Å². The van der Waals surface area contributed by atoms with Crippen molar-refractivity contribution < 1.29 is 13.6 Å². The maximum absolute atomic E-state index is 13.2. The molecule has 1 aliphatic carbocycles. The highest BCUT2D eigenvalue weighted by Gasteiger charge is 2.45. The minimum atomic E-state index is -2.76. The van der Waals surface area contributed by atoms with E-state index in [4.69, 9.17) is 0 Å². The molecule has 0 aromatic carbocycles. The van der Waals surface area contributed by atoms with Crippen LogP contribution in [0.1, 0.15) is 60.3 Å². The molecule has 2 N–H and O–H groups in total. The topological polar surface area (TPSA) is 81.0 Å². The summed E-state index contributed by atoms with van der Waals surface area (Å²) in [6, 6.07) is 1.54. The van der Waals surface area contributed by atoms with Crippen LogP contribution >= 0.6 is 0 Å². The Kier molecular flexibility index (Phi) is 4.05. The summed E-state index contributed by atoms with van der Waals surface area (Å²) in [6.07, 6.45) is 2.91.